The van der Waals surface area contributed by atoms with Crippen LogP contribution in [0.3, 0.4) is 0 Å². The number of aromatic nitrogens is 1. The Balaban J connectivity index is 0.00000353. The van der Waals surface area contributed by atoms with Crippen LogP contribution in [0.1, 0.15) is 26.3 Å². The largest absolute Gasteiger partial charge is 0.493 e. The number of rotatable bonds is 9. The second kappa shape index (κ2) is 12.9. The Bertz CT molecular complexity index is 1420. The molecule has 0 spiro atoms. The van der Waals surface area contributed by atoms with Gasteiger partial charge in [0.25, 0.3) is 5.91 Å². The zero-order chi connectivity index (χ0) is 26.5. The van der Waals surface area contributed by atoms with E-state index in [1.165, 1.54) is 0 Å². The highest BCUT2D eigenvalue weighted by Gasteiger charge is 2.22. The Hall–Kier alpha value is -3.66. The monoisotopic (exact) mass is 566 g/mol. The molecule has 8 nitrogen and oxygen atoms in total. The Kier molecular flexibility index (Phi) is 9.40. The maximum absolute atomic E-state index is 12.6. The summed E-state index contributed by atoms with van der Waals surface area (Å²) in [4.78, 5) is 34.6. The molecular weight excluding hydrogens is 536 g/mol. The molecule has 0 bridgehead atoms. The van der Waals surface area contributed by atoms with E-state index in [9.17, 15) is 9.59 Å². The molecule has 1 aliphatic rings. The first-order valence-corrected chi connectivity index (χ1v) is 13.4. The van der Waals surface area contributed by atoms with E-state index in [0.717, 1.165) is 48.1 Å². The fraction of sp³-hybridized carbons (Fsp3) is 0.276. The number of ketones is 1. The van der Waals surface area contributed by atoms with Crippen molar-refractivity contribution in [1.82, 2.24) is 15.2 Å². The van der Waals surface area contributed by atoms with Gasteiger partial charge in [0.2, 0.25) is 0 Å². The van der Waals surface area contributed by atoms with Crippen LogP contribution >= 0.6 is 23.7 Å². The van der Waals surface area contributed by atoms with Gasteiger partial charge in [0.05, 0.1) is 18.9 Å². The molecule has 1 saturated heterocycles. The van der Waals surface area contributed by atoms with Crippen molar-refractivity contribution >= 4 is 50.8 Å². The van der Waals surface area contributed by atoms with Crippen molar-refractivity contribution in [1.29, 1.82) is 0 Å². The number of nitrogens with zero attached hydrogens (tertiary/aromatic N) is 3. The number of hydrogen-bond donors (Lipinski definition) is 1. The number of anilines is 1. The fourth-order valence-electron chi connectivity index (χ4n) is 4.55. The predicted molar refractivity (Wildman–Crippen MR) is 157 cm³/mol. The standard InChI is InChI=1S/C29H30N4O4S.ClH/c1-36-23-12-13-24-25(27(23)37-2)31-29(38-24)33-18-16-32(17-19-33)15-14-30-28(35)22-10-8-21(9-11-22)26(34)20-6-4-3-5-7-20;/h3-13H,14-19H2,1-2H3,(H,30,35);1H. The number of methoxy groups -OCH3 is 2. The van der Waals surface area contributed by atoms with Gasteiger partial charge >= 0.3 is 0 Å². The van der Waals surface area contributed by atoms with Crippen LogP contribution in [-0.2, 0) is 0 Å². The highest BCUT2D eigenvalue weighted by Crippen LogP contribution is 2.40. The third-order valence-electron chi connectivity index (χ3n) is 6.69. The summed E-state index contributed by atoms with van der Waals surface area (Å²) < 4.78 is 12.0. The van der Waals surface area contributed by atoms with Gasteiger partial charge in [-0.05, 0) is 24.3 Å². The van der Waals surface area contributed by atoms with E-state index >= 15 is 0 Å². The van der Waals surface area contributed by atoms with Crippen LogP contribution < -0.4 is 19.7 Å². The lowest BCUT2D eigenvalue weighted by Gasteiger charge is -2.34. The van der Waals surface area contributed by atoms with Crippen molar-refractivity contribution in [2.24, 2.45) is 0 Å². The molecule has 0 radical (unpaired) electrons. The molecule has 1 aliphatic heterocycles. The highest BCUT2D eigenvalue weighted by atomic mass is 35.5. The summed E-state index contributed by atoms with van der Waals surface area (Å²) in [5, 5.41) is 3.98. The van der Waals surface area contributed by atoms with Crippen molar-refractivity contribution in [3.05, 3.63) is 83.4 Å². The smallest absolute Gasteiger partial charge is 0.251 e. The van der Waals surface area contributed by atoms with Crippen molar-refractivity contribution in [2.75, 3.05) is 58.4 Å². The number of piperazine rings is 1. The average molecular weight is 567 g/mol. The lowest BCUT2D eigenvalue weighted by Crippen LogP contribution is -2.48. The Morgan fingerprint density at radius 3 is 2.21 bits per heavy atom. The van der Waals surface area contributed by atoms with E-state index in [1.807, 2.05) is 30.3 Å². The highest BCUT2D eigenvalue weighted by molar-refractivity contribution is 7.22. The zero-order valence-electron chi connectivity index (χ0n) is 21.9. The summed E-state index contributed by atoms with van der Waals surface area (Å²) in [6.45, 7) is 4.84. The summed E-state index contributed by atoms with van der Waals surface area (Å²) in [5.74, 6) is 1.15. The van der Waals surface area contributed by atoms with E-state index < -0.39 is 0 Å². The molecule has 0 atom stereocenters. The normalized spacial score (nSPS) is 13.5. The van der Waals surface area contributed by atoms with Crippen LogP contribution in [0.15, 0.2) is 66.7 Å². The second-order valence-corrected chi connectivity index (χ2v) is 10.0. The molecule has 3 aromatic carbocycles. The third-order valence-corrected chi connectivity index (χ3v) is 7.77. The SMILES string of the molecule is COc1ccc2sc(N3CCN(CCNC(=O)c4ccc(C(=O)c5ccccc5)cc4)CC3)nc2c1OC.Cl. The first-order chi connectivity index (χ1) is 18.6. The van der Waals surface area contributed by atoms with Crippen LogP contribution in [0.4, 0.5) is 5.13 Å². The van der Waals surface area contributed by atoms with Crippen LogP contribution in [0.2, 0.25) is 0 Å². The maximum atomic E-state index is 12.6. The molecule has 0 unspecified atom stereocenters. The number of ether oxygens (including phenoxy) is 2. The molecule has 1 amide bonds. The van der Waals surface area contributed by atoms with E-state index in [-0.39, 0.29) is 24.1 Å². The molecule has 10 heteroatoms. The van der Waals surface area contributed by atoms with Crippen molar-refractivity contribution < 1.29 is 19.1 Å². The molecular formula is C29H31ClN4O4S. The predicted octanol–water partition coefficient (Wildman–Crippen LogP) is 4.52. The molecule has 5 rings (SSSR count). The van der Waals surface area contributed by atoms with Gasteiger partial charge in [-0.3, -0.25) is 14.5 Å². The maximum Gasteiger partial charge on any atom is 0.251 e. The number of benzene rings is 3. The minimum Gasteiger partial charge on any atom is -0.493 e. The van der Waals surface area contributed by atoms with Gasteiger partial charge in [0, 0.05) is 56.0 Å². The first-order valence-electron chi connectivity index (χ1n) is 12.5. The zero-order valence-corrected chi connectivity index (χ0v) is 23.5. The minimum atomic E-state index is -0.138. The van der Waals surface area contributed by atoms with E-state index in [2.05, 4.69) is 15.1 Å². The van der Waals surface area contributed by atoms with Crippen molar-refractivity contribution in [2.45, 2.75) is 0 Å². The quantitative estimate of drug-likeness (QED) is 0.298. The van der Waals surface area contributed by atoms with Gasteiger partial charge in [-0.15, -0.1) is 12.4 Å². The van der Waals surface area contributed by atoms with E-state index in [1.54, 1.807) is 62.0 Å². The number of nitrogens with one attached hydrogen (secondary N) is 1. The van der Waals surface area contributed by atoms with Crippen LogP contribution in [0, 0.1) is 0 Å². The number of carbonyl (C=O) groups excluding carboxylic acids is 2. The van der Waals surface area contributed by atoms with Gasteiger partial charge < -0.3 is 19.7 Å². The lowest BCUT2D eigenvalue weighted by atomic mass is 10.0. The molecule has 2 heterocycles. The topological polar surface area (TPSA) is 84.0 Å². The number of fused-ring (bicyclic) bond motifs is 1. The van der Waals surface area contributed by atoms with Gasteiger partial charge in [-0.1, -0.05) is 53.8 Å². The van der Waals surface area contributed by atoms with Gasteiger partial charge in [-0.2, -0.15) is 0 Å². The molecule has 39 heavy (non-hydrogen) atoms. The van der Waals surface area contributed by atoms with Crippen LogP contribution in [0.5, 0.6) is 11.5 Å². The third kappa shape index (κ3) is 6.33. The molecule has 1 fully saturated rings. The number of hydrogen-bond acceptors (Lipinski definition) is 8. The van der Waals surface area contributed by atoms with E-state index in [4.69, 9.17) is 14.5 Å². The van der Waals surface area contributed by atoms with Crippen LogP contribution in [0.25, 0.3) is 10.2 Å². The van der Waals surface area contributed by atoms with Crippen LogP contribution in [-0.4, -0.2) is 75.1 Å². The van der Waals surface area contributed by atoms with E-state index in [0.29, 0.717) is 34.7 Å². The molecule has 204 valence electrons. The molecule has 0 saturated carbocycles. The second-order valence-electron chi connectivity index (χ2n) is 9.00. The number of halogens is 1. The Morgan fingerprint density at radius 1 is 0.872 bits per heavy atom. The van der Waals surface area contributed by atoms with Gasteiger partial charge in [-0.25, -0.2) is 4.98 Å². The summed E-state index contributed by atoms with van der Waals surface area (Å²) in [7, 11) is 3.26. The fourth-order valence-corrected chi connectivity index (χ4v) is 5.57. The molecule has 0 aliphatic carbocycles. The van der Waals surface area contributed by atoms with Gasteiger partial charge in [0.1, 0.15) is 5.52 Å². The lowest BCUT2D eigenvalue weighted by molar-refractivity contribution is 0.0946. The minimum absolute atomic E-state index is 0. The summed E-state index contributed by atoms with van der Waals surface area (Å²) in [5.41, 5.74) is 2.57. The van der Waals surface area contributed by atoms with Crippen molar-refractivity contribution in [3.8, 4) is 11.5 Å². The summed E-state index contributed by atoms with van der Waals surface area (Å²) in [6.07, 6.45) is 0. The molecule has 1 aromatic heterocycles. The Morgan fingerprint density at radius 2 is 1.54 bits per heavy atom. The number of thiazole rings is 1. The average Bonchev–Trinajstić information content (AvgIpc) is 3.41. The summed E-state index contributed by atoms with van der Waals surface area (Å²) in [6, 6.07) is 19.9. The van der Waals surface area contributed by atoms with Crippen molar-refractivity contribution in [3.63, 3.8) is 0 Å². The summed E-state index contributed by atoms with van der Waals surface area (Å²) >= 11 is 1.66. The Labute approximate surface area is 238 Å². The first kappa shape index (κ1) is 28.4. The number of carbonyl (C=O) groups is 2. The number of amides is 1. The molecule has 4 aromatic rings. The van der Waals surface area contributed by atoms with Gasteiger partial charge in [0.15, 0.2) is 22.4 Å². The molecule has 1 N–H and O–H groups in total.